The van der Waals surface area contributed by atoms with Crippen molar-refractivity contribution in [1.29, 1.82) is 0 Å². The number of rotatable bonds is 5. The van der Waals surface area contributed by atoms with Crippen molar-refractivity contribution in [3.8, 4) is 5.75 Å². The Bertz CT molecular complexity index is 613. The highest BCUT2D eigenvalue weighted by Gasteiger charge is 2.17. The molecule has 1 heterocycles. The van der Waals surface area contributed by atoms with E-state index >= 15 is 0 Å². The minimum Gasteiger partial charge on any atom is -0.497 e. The number of carbonyl (C=O) groups excluding carboxylic acids is 1. The summed E-state index contributed by atoms with van der Waals surface area (Å²) in [6.07, 6.45) is 3.64. The van der Waals surface area contributed by atoms with Crippen LogP contribution in [0.5, 0.6) is 5.75 Å². The molecule has 0 fully saturated rings. The molecule has 0 bridgehead atoms. The van der Waals surface area contributed by atoms with Crippen LogP contribution in [-0.4, -0.2) is 23.0 Å². The third kappa shape index (κ3) is 3.47. The van der Waals surface area contributed by atoms with Gasteiger partial charge in [-0.15, -0.1) is 0 Å². The molecule has 2 aromatic rings. The van der Waals surface area contributed by atoms with E-state index < -0.39 is 0 Å². The minimum atomic E-state index is -0.330. The average molecular weight is 286 g/mol. The molecule has 1 aromatic heterocycles. The lowest BCUT2D eigenvalue weighted by molar-refractivity contribution is 0.0931. The lowest BCUT2D eigenvalue weighted by Crippen LogP contribution is -2.29. The number of nitrogens with zero attached hydrogens (tertiary/aromatic N) is 2. The topological polar surface area (TPSA) is 90.1 Å². The maximum Gasteiger partial charge on any atom is 0.274 e. The lowest BCUT2D eigenvalue weighted by atomic mass is 10.0. The quantitative estimate of drug-likeness (QED) is 0.876. The van der Waals surface area contributed by atoms with Crippen LogP contribution < -0.4 is 15.8 Å². The van der Waals surface area contributed by atoms with E-state index in [9.17, 15) is 4.79 Å². The molecule has 0 aliphatic heterocycles. The van der Waals surface area contributed by atoms with Crippen molar-refractivity contribution < 1.29 is 9.53 Å². The molecule has 110 valence electrons. The number of anilines is 1. The van der Waals surface area contributed by atoms with Crippen molar-refractivity contribution in [3.05, 3.63) is 47.9 Å². The number of amides is 1. The molecule has 0 saturated carbocycles. The van der Waals surface area contributed by atoms with Gasteiger partial charge in [0.1, 0.15) is 5.75 Å². The molecule has 0 aliphatic rings. The van der Waals surface area contributed by atoms with Crippen LogP contribution >= 0.6 is 0 Å². The van der Waals surface area contributed by atoms with Crippen LogP contribution in [0.4, 0.5) is 5.82 Å². The Balaban J connectivity index is 2.15. The van der Waals surface area contributed by atoms with Gasteiger partial charge in [-0.25, -0.2) is 9.97 Å². The fourth-order valence-corrected chi connectivity index (χ4v) is 2.01. The third-order valence-electron chi connectivity index (χ3n) is 3.17. The van der Waals surface area contributed by atoms with Gasteiger partial charge >= 0.3 is 0 Å². The highest BCUT2D eigenvalue weighted by Crippen LogP contribution is 2.20. The van der Waals surface area contributed by atoms with E-state index in [-0.39, 0.29) is 23.5 Å². The number of nitrogen functional groups attached to an aromatic ring is 1. The molecule has 1 atom stereocenters. The monoisotopic (exact) mass is 286 g/mol. The van der Waals surface area contributed by atoms with Crippen molar-refractivity contribution in [2.45, 2.75) is 19.4 Å². The van der Waals surface area contributed by atoms with E-state index in [2.05, 4.69) is 15.3 Å². The van der Waals surface area contributed by atoms with Gasteiger partial charge in [0.25, 0.3) is 5.91 Å². The normalized spacial score (nSPS) is 11.7. The van der Waals surface area contributed by atoms with Gasteiger partial charge in [0, 0.05) is 12.4 Å². The molecule has 1 unspecified atom stereocenters. The lowest BCUT2D eigenvalue weighted by Gasteiger charge is -2.17. The molecule has 2 rings (SSSR count). The summed E-state index contributed by atoms with van der Waals surface area (Å²) >= 11 is 0. The predicted octanol–water partition coefficient (Wildman–Crippen LogP) is 1.95. The Morgan fingerprint density at radius 3 is 2.52 bits per heavy atom. The van der Waals surface area contributed by atoms with Gasteiger partial charge in [-0.3, -0.25) is 4.79 Å². The smallest absolute Gasteiger partial charge is 0.274 e. The van der Waals surface area contributed by atoms with Crippen LogP contribution in [0.2, 0.25) is 0 Å². The van der Waals surface area contributed by atoms with Crippen molar-refractivity contribution in [1.82, 2.24) is 15.3 Å². The van der Waals surface area contributed by atoms with Crippen LogP contribution in [-0.2, 0) is 0 Å². The Labute approximate surface area is 123 Å². The van der Waals surface area contributed by atoms with E-state index in [1.165, 1.54) is 12.4 Å². The minimum absolute atomic E-state index is 0.121. The summed E-state index contributed by atoms with van der Waals surface area (Å²) in [6.45, 7) is 2.00. The summed E-state index contributed by atoms with van der Waals surface area (Å²) in [4.78, 5) is 20.0. The molecule has 0 saturated heterocycles. The predicted molar refractivity (Wildman–Crippen MR) is 79.9 cm³/mol. The maximum absolute atomic E-state index is 12.2. The van der Waals surface area contributed by atoms with E-state index in [0.29, 0.717) is 0 Å². The van der Waals surface area contributed by atoms with Crippen molar-refractivity contribution in [2.75, 3.05) is 12.8 Å². The Morgan fingerprint density at radius 1 is 1.29 bits per heavy atom. The number of carbonyl (C=O) groups is 1. The summed E-state index contributed by atoms with van der Waals surface area (Å²) in [5.41, 5.74) is 6.80. The molecule has 6 heteroatoms. The number of methoxy groups -OCH3 is 1. The molecule has 6 nitrogen and oxygen atoms in total. The second kappa shape index (κ2) is 6.69. The second-order valence-electron chi connectivity index (χ2n) is 4.50. The second-order valence-corrected chi connectivity index (χ2v) is 4.50. The zero-order chi connectivity index (χ0) is 15.2. The molecule has 0 spiro atoms. The molecular weight excluding hydrogens is 268 g/mol. The average Bonchev–Trinajstić information content (AvgIpc) is 2.53. The maximum atomic E-state index is 12.2. The van der Waals surface area contributed by atoms with Crippen molar-refractivity contribution in [3.63, 3.8) is 0 Å². The summed E-state index contributed by atoms with van der Waals surface area (Å²) in [6, 6.07) is 7.45. The highest BCUT2D eigenvalue weighted by molar-refractivity contribution is 5.96. The van der Waals surface area contributed by atoms with Crippen molar-refractivity contribution >= 4 is 11.7 Å². The molecular formula is C15H18N4O2. The summed E-state index contributed by atoms with van der Waals surface area (Å²) < 4.78 is 5.13. The van der Waals surface area contributed by atoms with Gasteiger partial charge < -0.3 is 15.8 Å². The van der Waals surface area contributed by atoms with Crippen LogP contribution in [0.15, 0.2) is 36.7 Å². The van der Waals surface area contributed by atoms with Crippen LogP contribution in [0.25, 0.3) is 0 Å². The van der Waals surface area contributed by atoms with Crippen molar-refractivity contribution in [2.24, 2.45) is 0 Å². The van der Waals surface area contributed by atoms with E-state index in [1.54, 1.807) is 7.11 Å². The van der Waals surface area contributed by atoms with Crippen LogP contribution in [0.3, 0.4) is 0 Å². The summed E-state index contributed by atoms with van der Waals surface area (Å²) in [5, 5.41) is 2.92. The Kier molecular flexibility index (Phi) is 4.71. The SMILES string of the molecule is CCC(NC(=O)c1nccnc1N)c1ccc(OC)cc1. The number of nitrogens with two attached hydrogens (primary N) is 1. The number of hydrogen-bond donors (Lipinski definition) is 2. The number of hydrogen-bond acceptors (Lipinski definition) is 5. The van der Waals surface area contributed by atoms with Crippen LogP contribution in [0.1, 0.15) is 35.4 Å². The first kappa shape index (κ1) is 14.8. The van der Waals surface area contributed by atoms with Gasteiger partial charge in [0.15, 0.2) is 11.5 Å². The standard InChI is InChI=1S/C15H18N4O2/c1-3-12(10-4-6-11(21-2)7-5-10)19-15(20)13-14(16)18-9-8-17-13/h4-9,12H,3H2,1-2H3,(H2,16,18)(H,19,20). The van der Waals surface area contributed by atoms with Gasteiger partial charge in [-0.2, -0.15) is 0 Å². The third-order valence-corrected chi connectivity index (χ3v) is 3.17. The molecule has 0 aliphatic carbocycles. The first-order valence-electron chi connectivity index (χ1n) is 6.67. The fourth-order valence-electron chi connectivity index (χ4n) is 2.01. The molecule has 0 radical (unpaired) electrons. The van der Waals surface area contributed by atoms with E-state index in [4.69, 9.17) is 10.5 Å². The van der Waals surface area contributed by atoms with Gasteiger partial charge in [-0.1, -0.05) is 19.1 Å². The van der Waals surface area contributed by atoms with E-state index in [0.717, 1.165) is 17.7 Å². The number of ether oxygens (including phenoxy) is 1. The summed E-state index contributed by atoms with van der Waals surface area (Å²) in [7, 11) is 1.62. The van der Waals surface area contributed by atoms with Gasteiger partial charge in [0.2, 0.25) is 0 Å². The van der Waals surface area contributed by atoms with E-state index in [1.807, 2.05) is 31.2 Å². The molecule has 1 amide bonds. The molecule has 1 aromatic carbocycles. The number of aromatic nitrogens is 2. The first-order valence-corrected chi connectivity index (χ1v) is 6.67. The van der Waals surface area contributed by atoms with Crippen LogP contribution in [0, 0.1) is 0 Å². The highest BCUT2D eigenvalue weighted by atomic mass is 16.5. The molecule has 3 N–H and O–H groups in total. The Morgan fingerprint density at radius 2 is 1.95 bits per heavy atom. The fraction of sp³-hybridized carbons (Fsp3) is 0.267. The Hall–Kier alpha value is -2.63. The number of benzene rings is 1. The largest absolute Gasteiger partial charge is 0.497 e. The zero-order valence-electron chi connectivity index (χ0n) is 12.0. The molecule has 21 heavy (non-hydrogen) atoms. The number of nitrogens with one attached hydrogen (secondary N) is 1. The van der Waals surface area contributed by atoms with Gasteiger partial charge in [-0.05, 0) is 24.1 Å². The van der Waals surface area contributed by atoms with Gasteiger partial charge in [0.05, 0.1) is 13.2 Å². The summed E-state index contributed by atoms with van der Waals surface area (Å²) in [5.74, 6) is 0.570. The zero-order valence-corrected chi connectivity index (χ0v) is 12.0. The first-order chi connectivity index (χ1) is 10.2.